The second kappa shape index (κ2) is 4.97. The lowest BCUT2D eigenvalue weighted by molar-refractivity contribution is 0.0537. The molecule has 0 heterocycles. The van der Waals surface area contributed by atoms with Crippen molar-refractivity contribution in [2.45, 2.75) is 31.4 Å². The van der Waals surface area contributed by atoms with E-state index in [0.717, 1.165) is 18.0 Å². The number of carbonyl (C=O) groups excluding carboxylic acids is 1. The summed E-state index contributed by atoms with van der Waals surface area (Å²) in [6.07, 6.45) is 5.06. The molecule has 0 spiro atoms. The molecule has 0 amide bonds. The largest absolute Gasteiger partial charge is 0.488 e. The maximum atomic E-state index is 10.8. The Morgan fingerprint density at radius 2 is 2.05 bits per heavy atom. The number of ether oxygens (including phenoxy) is 1. The number of rotatable bonds is 4. The first-order chi connectivity index (χ1) is 9.19. The van der Waals surface area contributed by atoms with Crippen LogP contribution in [0.15, 0.2) is 24.3 Å². The van der Waals surface area contributed by atoms with Crippen LogP contribution in [0.2, 0.25) is 0 Å². The fourth-order valence-corrected chi connectivity index (χ4v) is 3.91. The molecule has 2 bridgehead atoms. The minimum absolute atomic E-state index is 0.274. The Balaban J connectivity index is 1.79. The average Bonchev–Trinajstić information content (AvgIpc) is 2.99. The molecule has 0 N–H and O–H groups in total. The van der Waals surface area contributed by atoms with Crippen molar-refractivity contribution in [1.29, 1.82) is 0 Å². The molecule has 0 aliphatic heterocycles. The third-order valence-corrected chi connectivity index (χ3v) is 4.66. The molecule has 1 aromatic rings. The number of hydrogen-bond donors (Lipinski definition) is 0. The zero-order valence-electron chi connectivity index (χ0n) is 11.6. The van der Waals surface area contributed by atoms with E-state index in [-0.39, 0.29) is 6.10 Å². The number of nitrogens with zero attached hydrogens (tertiary/aromatic N) is 1. The van der Waals surface area contributed by atoms with Crippen molar-refractivity contribution in [3.8, 4) is 5.75 Å². The molecule has 0 saturated heterocycles. The monoisotopic (exact) mass is 259 g/mol. The fraction of sp³-hybridized carbons (Fsp3) is 0.562. The van der Waals surface area contributed by atoms with Gasteiger partial charge in [-0.15, -0.1) is 0 Å². The molecule has 3 heteroatoms. The normalized spacial score (nSPS) is 32.8. The summed E-state index contributed by atoms with van der Waals surface area (Å²) in [7, 11) is 4.28. The molecule has 0 aromatic heterocycles. The number of hydrogen-bond acceptors (Lipinski definition) is 3. The summed E-state index contributed by atoms with van der Waals surface area (Å²) in [4.78, 5) is 13.1. The van der Waals surface area contributed by atoms with Crippen LogP contribution in [0.1, 0.15) is 29.6 Å². The predicted molar refractivity (Wildman–Crippen MR) is 74.6 cm³/mol. The third kappa shape index (κ3) is 2.27. The minimum atomic E-state index is 0.274. The Kier molecular flexibility index (Phi) is 3.31. The molecule has 2 aliphatic carbocycles. The first-order valence-corrected chi connectivity index (χ1v) is 7.07. The van der Waals surface area contributed by atoms with Gasteiger partial charge in [-0.1, -0.05) is 12.1 Å². The van der Waals surface area contributed by atoms with Crippen molar-refractivity contribution in [3.63, 3.8) is 0 Å². The summed E-state index contributed by atoms with van der Waals surface area (Å²) >= 11 is 0. The Morgan fingerprint density at radius 1 is 1.26 bits per heavy atom. The summed E-state index contributed by atoms with van der Waals surface area (Å²) in [6.45, 7) is 0. The van der Waals surface area contributed by atoms with E-state index < -0.39 is 0 Å². The number of benzene rings is 1. The SMILES string of the molecule is CN(C)C1C2CCC(C2)C1Oc1cccc(C=O)c1. The molecule has 3 rings (SSSR count). The van der Waals surface area contributed by atoms with Crippen molar-refractivity contribution in [2.75, 3.05) is 14.1 Å². The lowest BCUT2D eigenvalue weighted by Crippen LogP contribution is -2.46. The average molecular weight is 259 g/mol. The number of fused-ring (bicyclic) bond motifs is 2. The molecule has 102 valence electrons. The smallest absolute Gasteiger partial charge is 0.150 e. The van der Waals surface area contributed by atoms with Crippen LogP contribution < -0.4 is 4.74 Å². The van der Waals surface area contributed by atoms with Crippen LogP contribution in [0.25, 0.3) is 0 Å². The maximum Gasteiger partial charge on any atom is 0.150 e. The topological polar surface area (TPSA) is 29.5 Å². The van der Waals surface area contributed by atoms with E-state index >= 15 is 0 Å². The van der Waals surface area contributed by atoms with Crippen LogP contribution in [0, 0.1) is 11.8 Å². The molecule has 2 saturated carbocycles. The Morgan fingerprint density at radius 3 is 2.79 bits per heavy atom. The van der Waals surface area contributed by atoms with E-state index in [1.807, 2.05) is 24.3 Å². The van der Waals surface area contributed by atoms with Crippen LogP contribution in [0.5, 0.6) is 5.75 Å². The highest BCUT2D eigenvalue weighted by molar-refractivity contribution is 5.75. The van der Waals surface area contributed by atoms with Gasteiger partial charge in [0.2, 0.25) is 0 Å². The van der Waals surface area contributed by atoms with Crippen LogP contribution in [0.3, 0.4) is 0 Å². The van der Waals surface area contributed by atoms with Gasteiger partial charge < -0.3 is 9.64 Å². The van der Waals surface area contributed by atoms with Crippen molar-refractivity contribution < 1.29 is 9.53 Å². The molecular weight excluding hydrogens is 238 g/mol. The van der Waals surface area contributed by atoms with Gasteiger partial charge in [0, 0.05) is 11.6 Å². The van der Waals surface area contributed by atoms with Gasteiger partial charge in [-0.3, -0.25) is 4.79 Å². The molecule has 19 heavy (non-hydrogen) atoms. The third-order valence-electron chi connectivity index (χ3n) is 4.66. The summed E-state index contributed by atoms with van der Waals surface area (Å²) < 4.78 is 6.23. The van der Waals surface area contributed by atoms with Crippen LogP contribution in [-0.4, -0.2) is 37.4 Å². The van der Waals surface area contributed by atoms with Gasteiger partial charge >= 0.3 is 0 Å². The molecule has 2 fully saturated rings. The van der Waals surface area contributed by atoms with Crippen LogP contribution in [0.4, 0.5) is 0 Å². The molecule has 2 aliphatic rings. The van der Waals surface area contributed by atoms with Crippen LogP contribution >= 0.6 is 0 Å². The maximum absolute atomic E-state index is 10.8. The van der Waals surface area contributed by atoms with Gasteiger partial charge in [0.05, 0.1) is 0 Å². The minimum Gasteiger partial charge on any atom is -0.488 e. The molecule has 4 atom stereocenters. The van der Waals surface area contributed by atoms with E-state index in [0.29, 0.717) is 17.5 Å². The molecular formula is C16H21NO2. The van der Waals surface area contributed by atoms with Gasteiger partial charge in [-0.2, -0.15) is 0 Å². The first kappa shape index (κ1) is 12.7. The lowest BCUT2D eigenvalue weighted by atomic mass is 9.91. The predicted octanol–water partition coefficient (Wildman–Crippen LogP) is 2.61. The number of aldehydes is 1. The van der Waals surface area contributed by atoms with Crippen molar-refractivity contribution in [2.24, 2.45) is 11.8 Å². The van der Waals surface area contributed by atoms with Gasteiger partial charge in [0.15, 0.2) is 0 Å². The number of carbonyl (C=O) groups is 1. The second-order valence-electron chi connectivity index (χ2n) is 6.06. The number of likely N-dealkylation sites (N-methyl/N-ethyl adjacent to an activating group) is 1. The zero-order chi connectivity index (χ0) is 13.4. The molecule has 0 radical (unpaired) electrons. The lowest BCUT2D eigenvalue weighted by Gasteiger charge is -2.35. The Labute approximate surface area is 114 Å². The summed E-state index contributed by atoms with van der Waals surface area (Å²) in [5.74, 6) is 2.28. The van der Waals surface area contributed by atoms with Crippen molar-refractivity contribution >= 4 is 6.29 Å². The molecule has 4 unspecified atom stereocenters. The highest BCUT2D eigenvalue weighted by atomic mass is 16.5. The van der Waals surface area contributed by atoms with Gasteiger partial charge in [0.25, 0.3) is 0 Å². The highest BCUT2D eigenvalue weighted by Crippen LogP contribution is 2.47. The summed E-state index contributed by atoms with van der Waals surface area (Å²) in [5, 5.41) is 0. The van der Waals surface area contributed by atoms with E-state index in [1.165, 1.54) is 19.3 Å². The molecule has 1 aromatic carbocycles. The summed E-state index contributed by atoms with van der Waals surface area (Å²) in [5.41, 5.74) is 0.682. The van der Waals surface area contributed by atoms with E-state index in [1.54, 1.807) is 0 Å². The van der Waals surface area contributed by atoms with E-state index in [9.17, 15) is 4.79 Å². The van der Waals surface area contributed by atoms with E-state index in [4.69, 9.17) is 4.74 Å². The van der Waals surface area contributed by atoms with Gasteiger partial charge in [-0.05, 0) is 57.3 Å². The van der Waals surface area contributed by atoms with Gasteiger partial charge in [0.1, 0.15) is 18.1 Å². The van der Waals surface area contributed by atoms with Crippen LogP contribution in [-0.2, 0) is 0 Å². The highest BCUT2D eigenvalue weighted by Gasteiger charge is 2.50. The van der Waals surface area contributed by atoms with Crippen molar-refractivity contribution in [1.82, 2.24) is 4.90 Å². The first-order valence-electron chi connectivity index (χ1n) is 7.07. The Hall–Kier alpha value is -1.35. The standard InChI is InChI=1S/C16H21NO2/c1-17(2)15-12-6-7-13(9-12)16(15)19-14-5-3-4-11(8-14)10-18/h3-5,8,10,12-13,15-16H,6-7,9H2,1-2H3. The quantitative estimate of drug-likeness (QED) is 0.778. The second-order valence-corrected chi connectivity index (χ2v) is 6.06. The Bertz CT molecular complexity index is 472. The molecule has 3 nitrogen and oxygen atoms in total. The zero-order valence-corrected chi connectivity index (χ0v) is 11.6. The fourth-order valence-electron chi connectivity index (χ4n) is 3.91. The van der Waals surface area contributed by atoms with Gasteiger partial charge in [-0.25, -0.2) is 0 Å². The van der Waals surface area contributed by atoms with Crippen molar-refractivity contribution in [3.05, 3.63) is 29.8 Å². The van der Waals surface area contributed by atoms with E-state index in [2.05, 4.69) is 19.0 Å². The summed E-state index contributed by atoms with van der Waals surface area (Å²) in [6, 6.07) is 8.00.